The van der Waals surface area contributed by atoms with Crippen molar-refractivity contribution in [3.8, 4) is 0 Å². The van der Waals surface area contributed by atoms with Gasteiger partial charge in [0, 0.05) is 0 Å². The minimum absolute atomic E-state index is 0.990. The van der Waals surface area contributed by atoms with Gasteiger partial charge in [-0.25, -0.2) is 0 Å². The van der Waals surface area contributed by atoms with Gasteiger partial charge < -0.3 is 0 Å². The lowest BCUT2D eigenvalue weighted by molar-refractivity contribution is 0.233. The molecular formula is C32H64. The molecule has 0 saturated heterocycles. The van der Waals surface area contributed by atoms with Gasteiger partial charge in [0.2, 0.25) is 0 Å². The second kappa shape index (κ2) is 16.6. The molecule has 4 aliphatic rings. The van der Waals surface area contributed by atoms with E-state index in [4.69, 9.17) is 0 Å². The molecule has 0 radical (unpaired) electrons. The van der Waals surface area contributed by atoms with Crippen LogP contribution in [0.15, 0.2) is 0 Å². The summed E-state index contributed by atoms with van der Waals surface area (Å²) in [6.07, 6.45) is 20.6. The Kier molecular flexibility index (Phi) is 15.6. The van der Waals surface area contributed by atoms with Gasteiger partial charge in [0.15, 0.2) is 0 Å². The molecule has 0 aromatic carbocycles. The highest BCUT2D eigenvalue weighted by molar-refractivity contribution is 4.71. The van der Waals surface area contributed by atoms with Gasteiger partial charge in [0.25, 0.3) is 0 Å². The van der Waals surface area contributed by atoms with E-state index in [-0.39, 0.29) is 0 Å². The van der Waals surface area contributed by atoms with Crippen LogP contribution in [-0.4, -0.2) is 0 Å². The summed E-state index contributed by atoms with van der Waals surface area (Å²) in [5.74, 6) is 9.08. The zero-order chi connectivity index (χ0) is 24.1. The summed E-state index contributed by atoms with van der Waals surface area (Å²) in [5, 5.41) is 0. The van der Waals surface area contributed by atoms with Crippen molar-refractivity contribution in [3.05, 3.63) is 0 Å². The van der Waals surface area contributed by atoms with Crippen LogP contribution in [0.4, 0.5) is 0 Å². The molecule has 32 heavy (non-hydrogen) atoms. The molecule has 4 aliphatic carbocycles. The molecule has 4 unspecified atom stereocenters. The molecule has 0 N–H and O–H groups in total. The monoisotopic (exact) mass is 449 g/mol. The van der Waals surface area contributed by atoms with E-state index >= 15 is 0 Å². The van der Waals surface area contributed by atoms with Crippen LogP contribution in [0.25, 0.3) is 0 Å². The molecule has 4 fully saturated rings. The fraction of sp³-hybridized carbons (Fsp3) is 1.00. The molecule has 4 rings (SSSR count). The lowest BCUT2D eigenvalue weighted by Gasteiger charge is -2.28. The van der Waals surface area contributed by atoms with Gasteiger partial charge in [0.05, 0.1) is 0 Å². The predicted molar refractivity (Wildman–Crippen MR) is 147 cm³/mol. The smallest absolute Gasteiger partial charge is 0.0438 e. The van der Waals surface area contributed by atoms with Crippen molar-refractivity contribution >= 4 is 0 Å². The lowest BCUT2D eigenvalue weighted by atomic mass is 9.78. The van der Waals surface area contributed by atoms with Crippen molar-refractivity contribution in [3.63, 3.8) is 0 Å². The highest BCUT2D eigenvalue weighted by Crippen LogP contribution is 2.32. The summed E-state index contributed by atoms with van der Waals surface area (Å²) < 4.78 is 0. The molecule has 0 aromatic rings. The van der Waals surface area contributed by atoms with Gasteiger partial charge >= 0.3 is 0 Å². The predicted octanol–water partition coefficient (Wildman–Crippen LogP) is 11.2. The fourth-order valence-corrected chi connectivity index (χ4v) is 7.01. The average molecular weight is 449 g/mol. The highest BCUT2D eigenvalue weighted by atomic mass is 14.3. The second-order valence-electron chi connectivity index (χ2n) is 13.8. The molecule has 0 aliphatic heterocycles. The summed E-state index contributed by atoms with van der Waals surface area (Å²) in [7, 11) is 0. The second-order valence-corrected chi connectivity index (χ2v) is 13.8. The van der Waals surface area contributed by atoms with E-state index < -0.39 is 0 Å². The van der Waals surface area contributed by atoms with Gasteiger partial charge in [-0.05, 0) is 85.4 Å². The normalized spacial score (nSPS) is 41.7. The van der Waals surface area contributed by atoms with Gasteiger partial charge in [-0.3, -0.25) is 0 Å². The topological polar surface area (TPSA) is 0 Å². The van der Waals surface area contributed by atoms with Crippen molar-refractivity contribution in [1.82, 2.24) is 0 Å². The Hall–Kier alpha value is 0. The van der Waals surface area contributed by atoms with Crippen molar-refractivity contribution < 1.29 is 0 Å². The molecule has 0 amide bonds. The maximum atomic E-state index is 2.38. The van der Waals surface area contributed by atoms with Crippen molar-refractivity contribution in [2.45, 2.75) is 152 Å². The van der Waals surface area contributed by atoms with Crippen LogP contribution in [0, 0.1) is 53.3 Å². The number of hydrogen-bond donors (Lipinski definition) is 0. The van der Waals surface area contributed by atoms with Crippen LogP contribution in [0.5, 0.6) is 0 Å². The summed E-state index contributed by atoms with van der Waals surface area (Å²) in [4.78, 5) is 0. The van der Waals surface area contributed by atoms with Crippen LogP contribution in [0.1, 0.15) is 152 Å². The molecule has 4 saturated carbocycles. The van der Waals surface area contributed by atoms with Gasteiger partial charge in [-0.2, -0.15) is 0 Å². The van der Waals surface area contributed by atoms with Gasteiger partial charge in [0.1, 0.15) is 0 Å². The van der Waals surface area contributed by atoms with E-state index in [1.165, 1.54) is 89.9 Å². The van der Waals surface area contributed by atoms with Crippen molar-refractivity contribution in [1.29, 1.82) is 0 Å². The van der Waals surface area contributed by atoms with E-state index in [0.717, 1.165) is 53.3 Å². The fourth-order valence-electron chi connectivity index (χ4n) is 7.01. The van der Waals surface area contributed by atoms with Crippen LogP contribution in [0.2, 0.25) is 0 Å². The third-order valence-electron chi connectivity index (χ3n) is 8.87. The Morgan fingerprint density at radius 2 is 0.469 bits per heavy atom. The first-order valence-corrected chi connectivity index (χ1v) is 15.0. The summed E-state index contributed by atoms with van der Waals surface area (Å²) in [6.45, 7) is 21.3. The van der Waals surface area contributed by atoms with E-state index in [2.05, 4.69) is 62.3 Å². The zero-order valence-corrected chi connectivity index (χ0v) is 24.1. The minimum atomic E-state index is 0.990. The largest absolute Gasteiger partial charge is 0.0625 e. The van der Waals surface area contributed by atoms with Crippen LogP contribution in [-0.2, 0) is 0 Å². The third kappa shape index (κ3) is 15.0. The van der Waals surface area contributed by atoms with Crippen molar-refractivity contribution in [2.24, 2.45) is 53.3 Å². The molecule has 192 valence electrons. The quantitative estimate of drug-likeness (QED) is 0.345. The van der Waals surface area contributed by atoms with Gasteiger partial charge in [-0.1, -0.05) is 120 Å². The molecule has 0 bridgehead atoms. The number of hydrogen-bond acceptors (Lipinski definition) is 0. The van der Waals surface area contributed by atoms with Gasteiger partial charge in [-0.15, -0.1) is 0 Å². The first-order chi connectivity index (χ1) is 15.0. The third-order valence-corrected chi connectivity index (χ3v) is 8.87. The first kappa shape index (κ1) is 30.0. The van der Waals surface area contributed by atoms with Crippen LogP contribution < -0.4 is 0 Å². The van der Waals surface area contributed by atoms with E-state index in [1.54, 1.807) is 0 Å². The number of rotatable bonds is 0. The molecular weight excluding hydrogens is 384 g/mol. The zero-order valence-electron chi connectivity index (χ0n) is 24.1. The minimum Gasteiger partial charge on any atom is -0.0625 e. The Bertz CT molecular complexity index is 380. The Balaban J connectivity index is 0.000000214. The molecule has 0 spiro atoms. The Morgan fingerprint density at radius 1 is 0.250 bits per heavy atom. The first-order valence-electron chi connectivity index (χ1n) is 15.0. The Labute approximate surface area is 205 Å². The highest BCUT2D eigenvalue weighted by Gasteiger charge is 2.20. The van der Waals surface area contributed by atoms with Crippen LogP contribution in [0.3, 0.4) is 0 Å². The average Bonchev–Trinajstić information content (AvgIpc) is 3.07. The standard InChI is InChI=1S/C9H18.2C8H16.C7H14/c1-7-4-8(2)6-9(3)5-7;1-7-3-5-8(2)6-4-7;1-7-4-3-5-8(2)6-7;1-6-3-4-7(2)5-6/h7-9H,4-6H2,1-3H3;2*7-8H,3-6H2,1-2H3;6-7H,3-5H2,1-2H3. The molecule has 0 heterocycles. The molecule has 4 atom stereocenters. The van der Waals surface area contributed by atoms with E-state index in [1.807, 2.05) is 0 Å². The maximum Gasteiger partial charge on any atom is -0.0438 e. The summed E-state index contributed by atoms with van der Waals surface area (Å²) in [5.41, 5.74) is 0. The summed E-state index contributed by atoms with van der Waals surface area (Å²) in [6, 6.07) is 0. The molecule has 0 heteroatoms. The van der Waals surface area contributed by atoms with E-state index in [9.17, 15) is 0 Å². The SMILES string of the molecule is CC1CC(C)CC(C)C1.CC1CCC(C)C1.CC1CCC(C)CC1.CC1CCCC(C)C1. The molecule has 0 aromatic heterocycles. The van der Waals surface area contributed by atoms with E-state index in [0.29, 0.717) is 0 Å². The maximum absolute atomic E-state index is 2.38. The van der Waals surface area contributed by atoms with Crippen molar-refractivity contribution in [2.75, 3.05) is 0 Å². The van der Waals surface area contributed by atoms with Crippen LogP contribution >= 0.6 is 0 Å². The summed E-state index contributed by atoms with van der Waals surface area (Å²) >= 11 is 0. The lowest BCUT2D eigenvalue weighted by Crippen LogP contribution is -2.16. The molecule has 0 nitrogen and oxygen atoms in total. The Morgan fingerprint density at radius 3 is 0.688 bits per heavy atom.